The molecule has 0 radical (unpaired) electrons. The summed E-state index contributed by atoms with van der Waals surface area (Å²) < 4.78 is 7.50. The lowest BCUT2D eigenvalue weighted by Gasteiger charge is -2.49. The average Bonchev–Trinajstić information content (AvgIpc) is 2.43. The predicted molar refractivity (Wildman–Crippen MR) is 91.0 cm³/mol. The first-order chi connectivity index (χ1) is 9.65. The highest BCUT2D eigenvalue weighted by Crippen LogP contribution is 2.47. The van der Waals surface area contributed by atoms with Gasteiger partial charge in [-0.3, -0.25) is 0 Å². The molecule has 2 nitrogen and oxygen atoms in total. The molecule has 1 aliphatic carbocycles. The highest BCUT2D eigenvalue weighted by Gasteiger charge is 2.44. The normalized spacial score (nSPS) is 26.2. The average molecular weight is 385 g/mol. The molecule has 1 saturated carbocycles. The lowest BCUT2D eigenvalue weighted by molar-refractivity contribution is -0.147. The topological polar surface area (TPSA) is 21.3 Å². The molecule has 1 aromatic carbocycles. The van der Waals surface area contributed by atoms with E-state index in [2.05, 4.69) is 60.1 Å². The standard InChI is InChI=1S/C17H24INO/c1-12-5-3-6-14(15(12)18)16(19-2)13-7-10-20-17(11-13)8-4-9-17/h3,5-6,13,16,19H,4,7-11H2,1-2H3. The van der Waals surface area contributed by atoms with Crippen molar-refractivity contribution in [2.75, 3.05) is 13.7 Å². The first-order valence-electron chi connectivity index (χ1n) is 7.71. The third kappa shape index (κ3) is 2.64. The summed E-state index contributed by atoms with van der Waals surface area (Å²) in [5, 5.41) is 3.58. The van der Waals surface area contributed by atoms with Crippen LogP contribution in [0.1, 0.15) is 49.3 Å². The molecule has 20 heavy (non-hydrogen) atoms. The molecule has 1 spiro atoms. The summed E-state index contributed by atoms with van der Waals surface area (Å²) in [7, 11) is 2.10. The summed E-state index contributed by atoms with van der Waals surface area (Å²) in [4.78, 5) is 0. The molecule has 2 fully saturated rings. The fourth-order valence-electron chi connectivity index (χ4n) is 3.83. The zero-order valence-electron chi connectivity index (χ0n) is 12.4. The minimum Gasteiger partial charge on any atom is -0.375 e. The Morgan fingerprint density at radius 2 is 2.20 bits per heavy atom. The molecule has 3 heteroatoms. The molecule has 0 amide bonds. The van der Waals surface area contributed by atoms with Crippen molar-refractivity contribution < 1.29 is 4.74 Å². The SMILES string of the molecule is CNC(c1cccc(C)c1I)C1CCOC2(CCC2)C1. The van der Waals surface area contributed by atoms with Crippen LogP contribution in [0.4, 0.5) is 0 Å². The van der Waals surface area contributed by atoms with Crippen molar-refractivity contribution in [3.63, 3.8) is 0 Å². The summed E-state index contributed by atoms with van der Waals surface area (Å²) in [6.45, 7) is 3.14. The maximum atomic E-state index is 6.09. The summed E-state index contributed by atoms with van der Waals surface area (Å²) in [6, 6.07) is 7.15. The molecule has 0 aromatic heterocycles. The fourth-order valence-corrected chi connectivity index (χ4v) is 4.52. The van der Waals surface area contributed by atoms with Crippen molar-refractivity contribution in [1.82, 2.24) is 5.32 Å². The van der Waals surface area contributed by atoms with Gasteiger partial charge in [0, 0.05) is 16.2 Å². The van der Waals surface area contributed by atoms with E-state index in [9.17, 15) is 0 Å². The molecule has 2 aliphatic rings. The van der Waals surface area contributed by atoms with Crippen molar-refractivity contribution in [2.45, 2.75) is 50.7 Å². The molecule has 2 unspecified atom stereocenters. The molecule has 1 saturated heterocycles. The number of aryl methyl sites for hydroxylation is 1. The van der Waals surface area contributed by atoms with Crippen LogP contribution in [0.25, 0.3) is 0 Å². The van der Waals surface area contributed by atoms with E-state index in [1.54, 1.807) is 0 Å². The molecule has 1 heterocycles. The van der Waals surface area contributed by atoms with Gasteiger partial charge >= 0.3 is 0 Å². The van der Waals surface area contributed by atoms with Gasteiger partial charge in [0.1, 0.15) is 0 Å². The maximum absolute atomic E-state index is 6.09. The molecule has 1 aliphatic heterocycles. The monoisotopic (exact) mass is 385 g/mol. The second kappa shape index (κ2) is 5.93. The van der Waals surface area contributed by atoms with Gasteiger partial charge in [-0.2, -0.15) is 0 Å². The van der Waals surface area contributed by atoms with Crippen LogP contribution < -0.4 is 5.32 Å². The van der Waals surface area contributed by atoms with E-state index in [0.29, 0.717) is 12.0 Å². The van der Waals surface area contributed by atoms with Gasteiger partial charge < -0.3 is 10.1 Å². The number of hydrogen-bond donors (Lipinski definition) is 1. The van der Waals surface area contributed by atoms with Crippen LogP contribution in [-0.4, -0.2) is 19.3 Å². The summed E-state index contributed by atoms with van der Waals surface area (Å²) in [6.07, 6.45) is 6.29. The Labute approximate surface area is 135 Å². The van der Waals surface area contributed by atoms with E-state index in [0.717, 1.165) is 6.61 Å². The molecule has 3 rings (SSSR count). The highest BCUT2D eigenvalue weighted by atomic mass is 127. The van der Waals surface area contributed by atoms with Gasteiger partial charge in [0.2, 0.25) is 0 Å². The minimum atomic E-state index is 0.229. The van der Waals surface area contributed by atoms with Gasteiger partial charge in [-0.1, -0.05) is 18.2 Å². The van der Waals surface area contributed by atoms with Gasteiger partial charge in [0.15, 0.2) is 0 Å². The molecule has 2 atom stereocenters. The Hall–Kier alpha value is -0.130. The van der Waals surface area contributed by atoms with Crippen LogP contribution in [0, 0.1) is 16.4 Å². The van der Waals surface area contributed by atoms with Crippen molar-refractivity contribution >= 4 is 22.6 Å². The number of benzene rings is 1. The number of nitrogens with one attached hydrogen (secondary N) is 1. The Morgan fingerprint density at radius 3 is 2.85 bits per heavy atom. The van der Waals surface area contributed by atoms with Gasteiger partial charge in [-0.05, 0) is 85.7 Å². The molecule has 110 valence electrons. The van der Waals surface area contributed by atoms with Crippen molar-refractivity contribution in [3.05, 3.63) is 32.9 Å². The van der Waals surface area contributed by atoms with E-state index in [4.69, 9.17) is 4.74 Å². The first kappa shape index (κ1) is 14.8. The first-order valence-corrected chi connectivity index (χ1v) is 8.79. The quantitative estimate of drug-likeness (QED) is 0.788. The second-order valence-corrected chi connectivity index (χ2v) is 7.46. The predicted octanol–water partition coefficient (Wildman–Crippen LogP) is 4.21. The Balaban J connectivity index is 1.84. The maximum Gasteiger partial charge on any atom is 0.0686 e. The van der Waals surface area contributed by atoms with Gasteiger partial charge in [0.05, 0.1) is 5.60 Å². The van der Waals surface area contributed by atoms with Crippen LogP contribution in [0.15, 0.2) is 18.2 Å². The van der Waals surface area contributed by atoms with E-state index in [-0.39, 0.29) is 5.60 Å². The van der Waals surface area contributed by atoms with Crippen LogP contribution in [0.3, 0.4) is 0 Å². The minimum absolute atomic E-state index is 0.229. The summed E-state index contributed by atoms with van der Waals surface area (Å²) >= 11 is 2.50. The number of rotatable bonds is 3. The number of halogens is 1. The van der Waals surface area contributed by atoms with E-state index >= 15 is 0 Å². The van der Waals surface area contributed by atoms with Gasteiger partial charge in [0.25, 0.3) is 0 Å². The van der Waals surface area contributed by atoms with E-state index in [1.807, 2.05) is 0 Å². The van der Waals surface area contributed by atoms with Crippen molar-refractivity contribution in [3.8, 4) is 0 Å². The third-order valence-electron chi connectivity index (χ3n) is 5.14. The molecular formula is C17H24INO. The zero-order valence-corrected chi connectivity index (χ0v) is 14.6. The van der Waals surface area contributed by atoms with Crippen molar-refractivity contribution in [2.24, 2.45) is 5.92 Å². The van der Waals surface area contributed by atoms with Crippen LogP contribution in [0.5, 0.6) is 0 Å². The second-order valence-electron chi connectivity index (χ2n) is 6.38. The lowest BCUT2D eigenvalue weighted by Crippen LogP contribution is -2.47. The summed E-state index contributed by atoms with van der Waals surface area (Å²) in [5.41, 5.74) is 3.08. The number of hydrogen-bond acceptors (Lipinski definition) is 2. The summed E-state index contributed by atoms with van der Waals surface area (Å²) in [5.74, 6) is 0.698. The number of ether oxygens (including phenoxy) is 1. The molecule has 1 N–H and O–H groups in total. The molecule has 0 bridgehead atoms. The van der Waals surface area contributed by atoms with Crippen LogP contribution in [-0.2, 0) is 4.74 Å². The van der Waals surface area contributed by atoms with E-state index < -0.39 is 0 Å². The van der Waals surface area contributed by atoms with E-state index in [1.165, 1.54) is 46.8 Å². The Morgan fingerprint density at radius 1 is 1.40 bits per heavy atom. The Bertz CT molecular complexity index is 484. The van der Waals surface area contributed by atoms with Gasteiger partial charge in [-0.15, -0.1) is 0 Å². The largest absolute Gasteiger partial charge is 0.375 e. The molecule has 1 aromatic rings. The zero-order chi connectivity index (χ0) is 14.2. The molecular weight excluding hydrogens is 361 g/mol. The fraction of sp³-hybridized carbons (Fsp3) is 0.647. The van der Waals surface area contributed by atoms with Crippen LogP contribution >= 0.6 is 22.6 Å². The van der Waals surface area contributed by atoms with Crippen molar-refractivity contribution in [1.29, 1.82) is 0 Å². The van der Waals surface area contributed by atoms with Gasteiger partial charge in [-0.25, -0.2) is 0 Å². The third-order valence-corrected chi connectivity index (χ3v) is 6.61. The van der Waals surface area contributed by atoms with Crippen LogP contribution in [0.2, 0.25) is 0 Å². The smallest absolute Gasteiger partial charge is 0.0686 e. The highest BCUT2D eigenvalue weighted by molar-refractivity contribution is 14.1. The Kier molecular flexibility index (Phi) is 4.39. The lowest BCUT2D eigenvalue weighted by atomic mass is 9.69.